The molecule has 2 aromatic carbocycles. The van der Waals surface area contributed by atoms with Crippen molar-refractivity contribution in [3.63, 3.8) is 0 Å². The van der Waals surface area contributed by atoms with Gasteiger partial charge in [-0.2, -0.15) is 0 Å². The lowest BCUT2D eigenvalue weighted by atomic mass is 10.1. The van der Waals surface area contributed by atoms with Crippen molar-refractivity contribution in [1.29, 1.82) is 0 Å². The standard InChI is InChI=1S/C19H16N2O3S2/c22-18(13-1-2-13)14-5-9-17(10-6-14)26(23,24)21-16-7-3-15(4-8-16)19-20-11-12-25-19/h3-13,21H,1-2H2. The summed E-state index contributed by atoms with van der Waals surface area (Å²) in [6, 6.07) is 13.2. The first kappa shape index (κ1) is 16.9. The van der Waals surface area contributed by atoms with Crippen LogP contribution in [0.25, 0.3) is 10.6 Å². The molecule has 1 fully saturated rings. The molecule has 5 nitrogen and oxygen atoms in total. The maximum atomic E-state index is 12.5. The number of rotatable bonds is 6. The fourth-order valence-corrected chi connectivity index (χ4v) is 4.34. The molecule has 1 N–H and O–H groups in total. The van der Waals surface area contributed by atoms with E-state index < -0.39 is 10.0 Å². The third-order valence-electron chi connectivity index (χ3n) is 4.21. The summed E-state index contributed by atoms with van der Waals surface area (Å²) in [5, 5.41) is 2.78. The number of benzene rings is 2. The zero-order chi connectivity index (χ0) is 18.1. The van der Waals surface area contributed by atoms with Gasteiger partial charge in [-0.25, -0.2) is 13.4 Å². The molecule has 3 aromatic rings. The van der Waals surface area contributed by atoms with Gasteiger partial charge in [0, 0.05) is 34.3 Å². The van der Waals surface area contributed by atoms with Gasteiger partial charge in [-0.3, -0.25) is 9.52 Å². The second-order valence-electron chi connectivity index (χ2n) is 6.18. The smallest absolute Gasteiger partial charge is 0.261 e. The van der Waals surface area contributed by atoms with Crippen molar-refractivity contribution in [3.8, 4) is 10.6 Å². The molecular weight excluding hydrogens is 368 g/mol. The minimum Gasteiger partial charge on any atom is -0.294 e. The van der Waals surface area contributed by atoms with E-state index in [9.17, 15) is 13.2 Å². The number of carbonyl (C=O) groups is 1. The first-order valence-electron chi connectivity index (χ1n) is 8.20. The number of hydrogen-bond donors (Lipinski definition) is 1. The molecular formula is C19H16N2O3S2. The fourth-order valence-electron chi connectivity index (χ4n) is 2.64. The highest BCUT2D eigenvalue weighted by Crippen LogP contribution is 2.32. The molecule has 0 bridgehead atoms. The number of sulfonamides is 1. The van der Waals surface area contributed by atoms with Crippen LogP contribution in [-0.2, 0) is 10.0 Å². The first-order valence-corrected chi connectivity index (χ1v) is 10.6. The van der Waals surface area contributed by atoms with Gasteiger partial charge in [-0.1, -0.05) is 12.1 Å². The SMILES string of the molecule is O=C(c1ccc(S(=O)(=O)Nc2ccc(-c3nccs3)cc2)cc1)C1CC1. The van der Waals surface area contributed by atoms with Crippen molar-refractivity contribution in [3.05, 3.63) is 65.7 Å². The Morgan fingerprint density at radius 2 is 1.73 bits per heavy atom. The van der Waals surface area contributed by atoms with E-state index >= 15 is 0 Å². The number of thiazole rings is 1. The van der Waals surface area contributed by atoms with Gasteiger partial charge in [0.05, 0.1) is 4.90 Å². The maximum absolute atomic E-state index is 12.5. The number of nitrogens with zero attached hydrogens (tertiary/aromatic N) is 1. The summed E-state index contributed by atoms with van der Waals surface area (Å²) in [5.74, 6) is 0.214. The lowest BCUT2D eigenvalue weighted by molar-refractivity contribution is 0.0967. The molecule has 0 spiro atoms. The van der Waals surface area contributed by atoms with Gasteiger partial charge >= 0.3 is 0 Å². The third kappa shape index (κ3) is 3.54. The lowest BCUT2D eigenvalue weighted by Crippen LogP contribution is -2.13. The number of hydrogen-bond acceptors (Lipinski definition) is 5. The van der Waals surface area contributed by atoms with Crippen molar-refractivity contribution >= 4 is 32.8 Å². The molecule has 26 heavy (non-hydrogen) atoms. The number of carbonyl (C=O) groups excluding carboxylic acids is 1. The molecule has 1 aliphatic carbocycles. The minimum atomic E-state index is -3.70. The topological polar surface area (TPSA) is 76.1 Å². The summed E-state index contributed by atoms with van der Waals surface area (Å²) >= 11 is 1.52. The Kier molecular flexibility index (Phi) is 4.34. The average molecular weight is 384 g/mol. The van der Waals surface area contributed by atoms with Crippen LogP contribution in [0.15, 0.2) is 65.0 Å². The summed E-state index contributed by atoms with van der Waals surface area (Å²) in [4.78, 5) is 16.4. The minimum absolute atomic E-state index is 0.0969. The van der Waals surface area contributed by atoms with Gasteiger partial charge < -0.3 is 0 Å². The van der Waals surface area contributed by atoms with Gasteiger partial charge in [0.25, 0.3) is 10.0 Å². The molecule has 1 saturated carbocycles. The largest absolute Gasteiger partial charge is 0.294 e. The van der Waals surface area contributed by atoms with Crippen molar-refractivity contribution < 1.29 is 13.2 Å². The second kappa shape index (κ2) is 6.66. The number of Topliss-reactive ketones (excluding diaryl/α,β-unsaturated/α-hetero) is 1. The van der Waals surface area contributed by atoms with E-state index in [1.54, 1.807) is 30.5 Å². The Bertz CT molecular complexity index is 1020. The van der Waals surface area contributed by atoms with Crippen LogP contribution >= 0.6 is 11.3 Å². The second-order valence-corrected chi connectivity index (χ2v) is 8.76. The van der Waals surface area contributed by atoms with E-state index in [2.05, 4.69) is 9.71 Å². The number of anilines is 1. The monoisotopic (exact) mass is 384 g/mol. The van der Waals surface area contributed by atoms with Crippen LogP contribution in [0.3, 0.4) is 0 Å². The van der Waals surface area contributed by atoms with Gasteiger partial charge in [-0.05, 0) is 49.2 Å². The molecule has 1 aromatic heterocycles. The third-order valence-corrected chi connectivity index (χ3v) is 6.43. The van der Waals surface area contributed by atoms with E-state index in [0.29, 0.717) is 11.3 Å². The summed E-state index contributed by atoms with van der Waals surface area (Å²) in [6.07, 6.45) is 3.59. The Labute approximate surface area is 155 Å². The van der Waals surface area contributed by atoms with Crippen molar-refractivity contribution in [2.24, 2.45) is 5.92 Å². The van der Waals surface area contributed by atoms with Crippen LogP contribution in [0.4, 0.5) is 5.69 Å². The van der Waals surface area contributed by atoms with E-state index in [1.807, 2.05) is 17.5 Å². The molecule has 0 aliphatic heterocycles. The normalized spacial score (nSPS) is 14.2. The van der Waals surface area contributed by atoms with Gasteiger partial charge in [-0.15, -0.1) is 11.3 Å². The van der Waals surface area contributed by atoms with Crippen LogP contribution in [0.2, 0.25) is 0 Å². The van der Waals surface area contributed by atoms with E-state index in [4.69, 9.17) is 0 Å². The van der Waals surface area contributed by atoms with Crippen molar-refractivity contribution in [1.82, 2.24) is 4.98 Å². The Balaban J connectivity index is 1.50. The van der Waals surface area contributed by atoms with Crippen LogP contribution in [0.5, 0.6) is 0 Å². The van der Waals surface area contributed by atoms with Gasteiger partial charge in [0.1, 0.15) is 5.01 Å². The number of nitrogens with one attached hydrogen (secondary N) is 1. The van der Waals surface area contributed by atoms with E-state index in [-0.39, 0.29) is 16.6 Å². The molecule has 0 radical (unpaired) electrons. The highest BCUT2D eigenvalue weighted by atomic mass is 32.2. The molecule has 0 atom stereocenters. The van der Waals surface area contributed by atoms with E-state index in [0.717, 1.165) is 23.4 Å². The van der Waals surface area contributed by atoms with Crippen LogP contribution < -0.4 is 4.72 Å². The Hall–Kier alpha value is -2.51. The molecule has 0 unspecified atom stereocenters. The van der Waals surface area contributed by atoms with Crippen molar-refractivity contribution in [2.45, 2.75) is 17.7 Å². The Morgan fingerprint density at radius 3 is 2.31 bits per heavy atom. The zero-order valence-electron chi connectivity index (χ0n) is 13.8. The summed E-state index contributed by atoms with van der Waals surface area (Å²) < 4.78 is 27.6. The molecule has 0 saturated heterocycles. The molecule has 7 heteroatoms. The molecule has 132 valence electrons. The highest BCUT2D eigenvalue weighted by molar-refractivity contribution is 7.92. The highest BCUT2D eigenvalue weighted by Gasteiger charge is 2.30. The Morgan fingerprint density at radius 1 is 1.04 bits per heavy atom. The van der Waals surface area contributed by atoms with Gasteiger partial charge in [0.2, 0.25) is 0 Å². The summed E-state index contributed by atoms with van der Waals surface area (Å²) in [6.45, 7) is 0. The molecule has 4 rings (SSSR count). The molecule has 1 heterocycles. The maximum Gasteiger partial charge on any atom is 0.261 e. The molecule has 1 aliphatic rings. The van der Waals surface area contributed by atoms with Gasteiger partial charge in [0.15, 0.2) is 5.78 Å². The summed E-state index contributed by atoms with van der Waals surface area (Å²) in [7, 11) is -3.70. The van der Waals surface area contributed by atoms with Crippen molar-refractivity contribution in [2.75, 3.05) is 4.72 Å². The molecule has 0 amide bonds. The first-order chi connectivity index (χ1) is 12.5. The fraction of sp³-hybridized carbons (Fsp3) is 0.158. The lowest BCUT2D eigenvalue weighted by Gasteiger charge is -2.09. The van der Waals surface area contributed by atoms with Crippen LogP contribution in [0, 0.1) is 5.92 Å². The van der Waals surface area contributed by atoms with Crippen LogP contribution in [0.1, 0.15) is 23.2 Å². The van der Waals surface area contributed by atoms with Crippen LogP contribution in [-0.4, -0.2) is 19.2 Å². The predicted molar refractivity (Wildman–Crippen MR) is 102 cm³/mol. The average Bonchev–Trinajstić information content (AvgIpc) is 3.36. The number of aromatic nitrogens is 1. The number of ketones is 1. The summed E-state index contributed by atoms with van der Waals surface area (Å²) in [5.41, 5.74) is 1.98. The zero-order valence-corrected chi connectivity index (χ0v) is 15.4. The van der Waals surface area contributed by atoms with E-state index in [1.165, 1.54) is 23.5 Å². The predicted octanol–water partition coefficient (Wildman–Crippen LogP) is 4.20. The quantitative estimate of drug-likeness (QED) is 0.646.